The molecule has 6 atom stereocenters. The summed E-state index contributed by atoms with van der Waals surface area (Å²) in [5.74, 6) is -9.90. The second kappa shape index (κ2) is 12.6. The minimum atomic E-state index is -2.98. The number of rotatable bonds is 7. The lowest BCUT2D eigenvalue weighted by Gasteiger charge is -2.54. The number of likely N-dealkylation sites (N-methyl/N-ethyl adjacent to an activating group) is 2. The number of nitrogens with two attached hydrogens (primary N) is 1. The largest absolute Gasteiger partial charge is 0.508 e. The van der Waals surface area contributed by atoms with Crippen LogP contribution in [0.5, 0.6) is 5.75 Å². The summed E-state index contributed by atoms with van der Waals surface area (Å²) in [6, 6.07) is 2.14. The lowest BCUT2D eigenvalue weighted by molar-refractivity contribution is -0.188. The molecule has 0 radical (unpaired) electrons. The van der Waals surface area contributed by atoms with Crippen LogP contribution in [-0.2, 0) is 29.3 Å². The minimum absolute atomic E-state index is 0.00281. The number of benzene rings is 1. The van der Waals surface area contributed by atoms with Gasteiger partial charge in [0.25, 0.3) is 5.91 Å². The van der Waals surface area contributed by atoms with Gasteiger partial charge in [-0.25, -0.2) is 0 Å². The number of hydrogen-bond acceptors (Lipinski definition) is 11. The quantitative estimate of drug-likeness (QED) is 0.163. The molecule has 2 fully saturated rings. The van der Waals surface area contributed by atoms with Crippen molar-refractivity contribution in [3.05, 3.63) is 45.7 Å². The molecule has 5 rings (SSSR count). The molecule has 0 aromatic heterocycles. The first kappa shape index (κ1) is 35.6. The molecule has 2 saturated carbocycles. The predicted molar refractivity (Wildman–Crippen MR) is 177 cm³/mol. The van der Waals surface area contributed by atoms with Crippen LogP contribution in [0.3, 0.4) is 0 Å². The van der Waals surface area contributed by atoms with Gasteiger partial charge < -0.3 is 35.8 Å². The number of aliphatic hydroxyl groups excluding tert-OH is 2. The molecule has 1 amide bonds. The van der Waals surface area contributed by atoms with Crippen molar-refractivity contribution in [3.8, 4) is 5.75 Å². The van der Waals surface area contributed by atoms with E-state index in [1.807, 2.05) is 32.8 Å². The summed E-state index contributed by atoms with van der Waals surface area (Å²) in [4.78, 5) is 58.3. The van der Waals surface area contributed by atoms with Gasteiger partial charge in [-0.2, -0.15) is 0 Å². The Morgan fingerprint density at radius 3 is 2.17 bits per heavy atom. The number of ether oxygens (including phenoxy) is 1. The summed E-state index contributed by atoms with van der Waals surface area (Å²) in [5, 5.41) is 47.6. The predicted octanol–water partition coefficient (Wildman–Crippen LogP) is 2.86. The normalized spacial score (nSPS) is 29.8. The number of esters is 1. The smallest absolute Gasteiger partial charge is 0.309 e. The van der Waals surface area contributed by atoms with E-state index in [2.05, 4.69) is 0 Å². The summed E-state index contributed by atoms with van der Waals surface area (Å²) in [6.07, 6.45) is 3.36. The lowest BCUT2D eigenvalue weighted by Crippen LogP contribution is -2.71. The highest BCUT2D eigenvalue weighted by atomic mass is 16.5. The molecule has 0 aliphatic heterocycles. The van der Waals surface area contributed by atoms with Crippen LogP contribution in [0.4, 0.5) is 0 Å². The van der Waals surface area contributed by atoms with E-state index in [1.165, 1.54) is 19.0 Å². The Hall–Kier alpha value is -3.74. The van der Waals surface area contributed by atoms with Gasteiger partial charge in [0.1, 0.15) is 28.9 Å². The van der Waals surface area contributed by atoms with E-state index in [4.69, 9.17) is 10.5 Å². The van der Waals surface area contributed by atoms with Gasteiger partial charge in [-0.1, -0.05) is 58.6 Å². The number of carbonyl (C=O) groups is 4. The number of aliphatic hydroxyl groups is 3. The monoisotopic (exact) mass is 667 g/mol. The van der Waals surface area contributed by atoms with Gasteiger partial charge in [0.05, 0.1) is 23.4 Å². The molecule has 1 aromatic rings. The van der Waals surface area contributed by atoms with Crippen LogP contribution in [0.25, 0.3) is 5.76 Å². The van der Waals surface area contributed by atoms with Crippen LogP contribution in [0.15, 0.2) is 29.0 Å². The van der Waals surface area contributed by atoms with Crippen LogP contribution in [-0.4, -0.2) is 106 Å². The third-order valence-electron chi connectivity index (χ3n) is 11.0. The van der Waals surface area contributed by atoms with E-state index < -0.39 is 87.4 Å². The maximum atomic E-state index is 14.7. The zero-order valence-electron chi connectivity index (χ0n) is 28.9. The van der Waals surface area contributed by atoms with Crippen molar-refractivity contribution in [1.82, 2.24) is 9.80 Å². The number of ketones is 2. The highest BCUT2D eigenvalue weighted by Gasteiger charge is 2.69. The number of fused-ring (bicyclic) bond motifs is 3. The molecule has 0 bridgehead atoms. The average molecular weight is 668 g/mol. The van der Waals surface area contributed by atoms with Crippen LogP contribution in [0.1, 0.15) is 81.9 Å². The first-order valence-electron chi connectivity index (χ1n) is 16.7. The van der Waals surface area contributed by atoms with Gasteiger partial charge in [-0.05, 0) is 52.5 Å². The average Bonchev–Trinajstić information content (AvgIpc) is 3.27. The van der Waals surface area contributed by atoms with Crippen molar-refractivity contribution in [2.75, 3.05) is 34.7 Å². The van der Waals surface area contributed by atoms with E-state index in [1.54, 1.807) is 19.1 Å². The lowest BCUT2D eigenvalue weighted by atomic mass is 9.54. The van der Waals surface area contributed by atoms with Crippen LogP contribution < -0.4 is 5.73 Å². The van der Waals surface area contributed by atoms with Crippen molar-refractivity contribution >= 4 is 29.2 Å². The van der Waals surface area contributed by atoms with Crippen molar-refractivity contribution in [2.45, 2.75) is 88.4 Å². The molecular weight excluding hydrogens is 618 g/mol. The molecule has 1 aromatic carbocycles. The number of nitrogens with zero attached hydrogens (tertiary/aromatic N) is 2. The molecule has 0 unspecified atom stereocenters. The van der Waals surface area contributed by atoms with E-state index >= 15 is 0 Å². The Labute approximate surface area is 281 Å². The van der Waals surface area contributed by atoms with Crippen molar-refractivity contribution < 1.29 is 44.3 Å². The standard InChI is InChI=1S/C36H49N3O9/c1-17-19-14-15-20(35(2,3)16-38(4)5)27(40)22(19)28(41)23-21(17)30(48-34(46)18-12-10-8-9-11-13-18)25-26(39(6)7)29(42)24(33(37)45)32(44)36(25,47)31(23)43/h14-15,17-18,21,25-26,30,40-41,44,47H,8-13,16H2,1-7H3,(H2,37,45)/t17-,21+,25+,26-,30-,36-/m0/s1. The highest BCUT2D eigenvalue weighted by molar-refractivity contribution is 6.24. The maximum Gasteiger partial charge on any atom is 0.309 e. The number of phenols is 1. The third-order valence-corrected chi connectivity index (χ3v) is 11.0. The van der Waals surface area contributed by atoms with E-state index in [0.29, 0.717) is 30.5 Å². The fourth-order valence-electron chi connectivity index (χ4n) is 8.90. The molecule has 12 heteroatoms. The first-order chi connectivity index (χ1) is 22.4. The SMILES string of the molecule is C[C@H]1c2ccc(C(C)(C)CN(C)C)c(O)c2C(O)=C2C(=O)[C@]3(O)C(O)=C(C(N)=O)C(=O)[C@@H](N(C)C)[C@@H]3[C@@H](OC(=O)C3CCCCCC3)[C@@H]21. The van der Waals surface area contributed by atoms with Crippen LogP contribution in [0.2, 0.25) is 0 Å². The number of Topliss-reactive ketones (excluding diaryl/α,β-unsaturated/α-hetero) is 2. The topological polar surface area (TPSA) is 191 Å². The summed E-state index contributed by atoms with van der Waals surface area (Å²) in [6.45, 7) is 6.18. The Kier molecular flexibility index (Phi) is 9.35. The summed E-state index contributed by atoms with van der Waals surface area (Å²) in [5.41, 5.74) is 1.64. The highest BCUT2D eigenvalue weighted by Crippen LogP contribution is 2.58. The fourth-order valence-corrected chi connectivity index (χ4v) is 8.90. The molecule has 262 valence electrons. The molecular formula is C36H49N3O9. The zero-order chi connectivity index (χ0) is 35.6. The molecule has 0 saturated heterocycles. The molecule has 0 heterocycles. The number of primary amides is 1. The van der Waals surface area contributed by atoms with Gasteiger partial charge in [0.2, 0.25) is 5.78 Å². The minimum Gasteiger partial charge on any atom is -0.508 e. The van der Waals surface area contributed by atoms with Gasteiger partial charge in [-0.15, -0.1) is 0 Å². The van der Waals surface area contributed by atoms with Crippen molar-refractivity contribution in [1.29, 1.82) is 0 Å². The van der Waals surface area contributed by atoms with Crippen LogP contribution in [0, 0.1) is 17.8 Å². The number of aromatic hydroxyl groups is 1. The Balaban J connectivity index is 1.79. The number of hydrogen-bond donors (Lipinski definition) is 5. The fraction of sp³-hybridized carbons (Fsp3) is 0.611. The van der Waals surface area contributed by atoms with E-state index in [-0.39, 0.29) is 16.9 Å². The Bertz CT molecular complexity index is 1600. The number of amides is 1. The third kappa shape index (κ3) is 5.42. The van der Waals surface area contributed by atoms with E-state index in [0.717, 1.165) is 25.7 Å². The summed E-state index contributed by atoms with van der Waals surface area (Å²) in [7, 11) is 6.81. The summed E-state index contributed by atoms with van der Waals surface area (Å²) < 4.78 is 6.30. The van der Waals surface area contributed by atoms with Gasteiger partial charge in [0.15, 0.2) is 11.4 Å². The van der Waals surface area contributed by atoms with Gasteiger partial charge in [0, 0.05) is 29.0 Å². The van der Waals surface area contributed by atoms with Gasteiger partial charge in [-0.3, -0.25) is 24.1 Å². The van der Waals surface area contributed by atoms with E-state index in [9.17, 15) is 39.6 Å². The molecule has 0 spiro atoms. The van der Waals surface area contributed by atoms with Crippen molar-refractivity contribution in [3.63, 3.8) is 0 Å². The second-order valence-electron chi connectivity index (χ2n) is 15.2. The van der Waals surface area contributed by atoms with Crippen LogP contribution >= 0.6 is 0 Å². The van der Waals surface area contributed by atoms with Crippen molar-refractivity contribution in [2.24, 2.45) is 23.5 Å². The molecule has 4 aliphatic carbocycles. The number of carbonyl (C=O) groups excluding carboxylic acids is 4. The molecule has 12 nitrogen and oxygen atoms in total. The molecule has 4 aliphatic rings. The Morgan fingerprint density at radius 2 is 1.62 bits per heavy atom. The first-order valence-corrected chi connectivity index (χ1v) is 16.7. The second-order valence-corrected chi connectivity index (χ2v) is 15.2. The molecule has 48 heavy (non-hydrogen) atoms. The Morgan fingerprint density at radius 1 is 1.02 bits per heavy atom. The van der Waals surface area contributed by atoms with Gasteiger partial charge >= 0.3 is 5.97 Å². The maximum absolute atomic E-state index is 14.7. The number of phenolic OH excluding ortho intramolecular Hbond substituents is 1. The molecule has 6 N–H and O–H groups in total. The zero-order valence-corrected chi connectivity index (χ0v) is 28.9. The summed E-state index contributed by atoms with van der Waals surface area (Å²) >= 11 is 0.